The van der Waals surface area contributed by atoms with E-state index in [1.807, 2.05) is 19.1 Å². The van der Waals surface area contributed by atoms with Crippen LogP contribution in [0.5, 0.6) is 5.75 Å². The summed E-state index contributed by atoms with van der Waals surface area (Å²) in [5.74, 6) is 0.501. The summed E-state index contributed by atoms with van der Waals surface area (Å²) >= 11 is 0. The molecule has 0 bridgehead atoms. The van der Waals surface area contributed by atoms with Crippen LogP contribution in [0.1, 0.15) is 13.3 Å². The van der Waals surface area contributed by atoms with Gasteiger partial charge in [-0.3, -0.25) is 10.1 Å². The van der Waals surface area contributed by atoms with Crippen molar-refractivity contribution in [1.82, 2.24) is 0 Å². The minimum Gasteiger partial charge on any atom is -0.493 e. The van der Waals surface area contributed by atoms with Crippen LogP contribution in [-0.2, 0) is 0 Å². The molecule has 0 unspecified atom stereocenters. The van der Waals surface area contributed by atoms with Crippen LogP contribution in [0.25, 0.3) is 0 Å². The molecule has 104 valence electrons. The Morgan fingerprint density at radius 3 is 2.84 bits per heavy atom. The Balaban J connectivity index is 2.80. The van der Waals surface area contributed by atoms with Crippen molar-refractivity contribution >= 4 is 11.4 Å². The number of hydrogen-bond donors (Lipinski definition) is 2. The zero-order valence-electron chi connectivity index (χ0n) is 11.0. The van der Waals surface area contributed by atoms with Crippen LogP contribution in [-0.4, -0.2) is 24.6 Å². The number of rotatable bonds is 8. The van der Waals surface area contributed by atoms with E-state index in [4.69, 9.17) is 10.5 Å². The van der Waals surface area contributed by atoms with Crippen molar-refractivity contribution < 1.29 is 9.66 Å². The van der Waals surface area contributed by atoms with Crippen LogP contribution in [0.4, 0.5) is 11.4 Å². The molecule has 0 aromatic heterocycles. The van der Waals surface area contributed by atoms with Crippen LogP contribution >= 0.6 is 0 Å². The predicted octanol–water partition coefficient (Wildman–Crippen LogP) is 2.31. The molecule has 19 heavy (non-hydrogen) atoms. The molecule has 0 spiro atoms. The van der Waals surface area contributed by atoms with Gasteiger partial charge >= 0.3 is 0 Å². The first kappa shape index (κ1) is 15.0. The molecule has 0 aliphatic carbocycles. The number of nitrogens with one attached hydrogen (secondary N) is 1. The van der Waals surface area contributed by atoms with E-state index in [1.165, 1.54) is 12.1 Å². The van der Waals surface area contributed by atoms with Crippen molar-refractivity contribution in [1.29, 1.82) is 0 Å². The lowest BCUT2D eigenvalue weighted by Crippen LogP contribution is -2.02. The summed E-state index contributed by atoms with van der Waals surface area (Å²) in [6.45, 7) is 3.55. The number of anilines is 1. The molecule has 1 aromatic carbocycles. The van der Waals surface area contributed by atoms with Crippen LogP contribution in [0.2, 0.25) is 0 Å². The maximum absolute atomic E-state index is 10.8. The quantitative estimate of drug-likeness (QED) is 0.427. The summed E-state index contributed by atoms with van der Waals surface area (Å²) in [5.41, 5.74) is 5.99. The molecule has 6 heteroatoms. The fourth-order valence-corrected chi connectivity index (χ4v) is 1.45. The lowest BCUT2D eigenvalue weighted by atomic mass is 10.2. The van der Waals surface area contributed by atoms with Gasteiger partial charge in [0.2, 0.25) is 0 Å². The van der Waals surface area contributed by atoms with Crippen LogP contribution < -0.4 is 15.8 Å². The molecule has 0 heterocycles. The van der Waals surface area contributed by atoms with Gasteiger partial charge in [0.15, 0.2) is 0 Å². The van der Waals surface area contributed by atoms with Gasteiger partial charge in [0.1, 0.15) is 5.75 Å². The summed E-state index contributed by atoms with van der Waals surface area (Å²) in [7, 11) is 0. The molecular weight excluding hydrogens is 246 g/mol. The predicted molar refractivity (Wildman–Crippen MR) is 75.6 cm³/mol. The highest BCUT2D eigenvalue weighted by Gasteiger charge is 2.10. The average Bonchev–Trinajstić information content (AvgIpc) is 2.41. The Kier molecular flexibility index (Phi) is 6.38. The van der Waals surface area contributed by atoms with E-state index in [9.17, 15) is 10.1 Å². The third kappa shape index (κ3) is 5.39. The number of hydrogen-bond acceptors (Lipinski definition) is 5. The van der Waals surface area contributed by atoms with Gasteiger partial charge in [-0.2, -0.15) is 0 Å². The summed E-state index contributed by atoms with van der Waals surface area (Å²) in [6, 6.07) is 4.66. The van der Waals surface area contributed by atoms with Crippen molar-refractivity contribution in [2.24, 2.45) is 5.73 Å². The van der Waals surface area contributed by atoms with E-state index in [-0.39, 0.29) is 5.69 Å². The Morgan fingerprint density at radius 2 is 2.21 bits per heavy atom. The smallest absolute Gasteiger partial charge is 0.275 e. The molecule has 0 atom stereocenters. The van der Waals surface area contributed by atoms with Gasteiger partial charge < -0.3 is 15.8 Å². The fourth-order valence-electron chi connectivity index (χ4n) is 1.45. The van der Waals surface area contributed by atoms with Gasteiger partial charge in [-0.15, -0.1) is 0 Å². The number of ether oxygens (including phenoxy) is 1. The summed E-state index contributed by atoms with van der Waals surface area (Å²) in [4.78, 5) is 10.4. The largest absolute Gasteiger partial charge is 0.493 e. The van der Waals surface area contributed by atoms with Gasteiger partial charge in [0, 0.05) is 30.9 Å². The highest BCUT2D eigenvalue weighted by Crippen LogP contribution is 2.26. The molecule has 0 fully saturated rings. The van der Waals surface area contributed by atoms with Gasteiger partial charge in [-0.05, 0) is 6.42 Å². The summed E-state index contributed by atoms with van der Waals surface area (Å²) in [6.07, 6.45) is 4.54. The van der Waals surface area contributed by atoms with Crippen molar-refractivity contribution in [2.45, 2.75) is 13.3 Å². The second kappa shape index (κ2) is 8.10. The normalized spacial score (nSPS) is 10.6. The summed E-state index contributed by atoms with van der Waals surface area (Å²) < 4.78 is 5.43. The van der Waals surface area contributed by atoms with Crippen molar-refractivity contribution in [3.8, 4) is 5.75 Å². The number of nitro benzene ring substituents is 1. The second-order valence-corrected chi connectivity index (χ2v) is 3.91. The minimum atomic E-state index is -0.431. The highest BCUT2D eigenvalue weighted by molar-refractivity contribution is 5.56. The first-order valence-electron chi connectivity index (χ1n) is 6.18. The first-order chi connectivity index (χ1) is 9.17. The maximum Gasteiger partial charge on any atom is 0.275 e. The van der Waals surface area contributed by atoms with E-state index in [0.717, 1.165) is 6.42 Å². The topological polar surface area (TPSA) is 90.4 Å². The Morgan fingerprint density at radius 1 is 1.42 bits per heavy atom. The van der Waals surface area contributed by atoms with Crippen LogP contribution in [0, 0.1) is 10.1 Å². The zero-order valence-corrected chi connectivity index (χ0v) is 11.0. The molecule has 6 nitrogen and oxygen atoms in total. The van der Waals surface area contributed by atoms with E-state index >= 15 is 0 Å². The van der Waals surface area contributed by atoms with E-state index in [0.29, 0.717) is 31.1 Å². The van der Waals surface area contributed by atoms with E-state index in [1.54, 1.807) is 6.07 Å². The minimum absolute atomic E-state index is 0.0129. The molecule has 0 saturated carbocycles. The molecule has 0 radical (unpaired) electrons. The average molecular weight is 265 g/mol. The SMILES string of the molecule is CCCOc1cc(NC/C=C/CN)cc([N+](=O)[O-])c1. The van der Waals surface area contributed by atoms with Crippen molar-refractivity contribution in [2.75, 3.05) is 25.0 Å². The van der Waals surface area contributed by atoms with Crippen molar-refractivity contribution in [3.63, 3.8) is 0 Å². The van der Waals surface area contributed by atoms with Crippen LogP contribution in [0.15, 0.2) is 30.4 Å². The first-order valence-corrected chi connectivity index (χ1v) is 6.18. The molecule has 0 aliphatic heterocycles. The summed E-state index contributed by atoms with van der Waals surface area (Å²) in [5, 5.41) is 13.9. The Labute approximate surface area is 112 Å². The number of non-ortho nitro benzene ring substituents is 1. The van der Waals surface area contributed by atoms with E-state index in [2.05, 4.69) is 5.32 Å². The second-order valence-electron chi connectivity index (χ2n) is 3.91. The number of nitro groups is 1. The fraction of sp³-hybridized carbons (Fsp3) is 0.385. The van der Waals surface area contributed by atoms with Gasteiger partial charge in [0.05, 0.1) is 17.6 Å². The molecular formula is C13H19N3O3. The van der Waals surface area contributed by atoms with E-state index < -0.39 is 4.92 Å². The molecule has 0 saturated heterocycles. The molecule has 0 aliphatic rings. The molecule has 0 amide bonds. The third-order valence-electron chi connectivity index (χ3n) is 2.30. The standard InChI is InChI=1S/C13H19N3O3/c1-2-7-19-13-9-11(15-6-4-3-5-14)8-12(10-13)16(17)18/h3-4,8-10,15H,2,5-7,14H2,1H3/b4-3+. The number of nitrogens with two attached hydrogens (primary N) is 1. The van der Waals surface area contributed by atoms with Crippen molar-refractivity contribution in [3.05, 3.63) is 40.5 Å². The number of nitrogens with zero attached hydrogens (tertiary/aromatic N) is 1. The Bertz CT molecular complexity index is 447. The molecule has 1 rings (SSSR count). The maximum atomic E-state index is 10.8. The number of benzene rings is 1. The lowest BCUT2D eigenvalue weighted by molar-refractivity contribution is -0.384. The zero-order chi connectivity index (χ0) is 14.1. The monoisotopic (exact) mass is 265 g/mol. The van der Waals surface area contributed by atoms with Gasteiger partial charge in [-0.25, -0.2) is 0 Å². The van der Waals surface area contributed by atoms with Gasteiger partial charge in [-0.1, -0.05) is 19.1 Å². The lowest BCUT2D eigenvalue weighted by Gasteiger charge is -2.08. The highest BCUT2D eigenvalue weighted by atomic mass is 16.6. The van der Waals surface area contributed by atoms with Crippen LogP contribution in [0.3, 0.4) is 0 Å². The molecule has 1 aromatic rings. The Hall–Kier alpha value is -2.08. The molecule has 3 N–H and O–H groups in total. The third-order valence-corrected chi connectivity index (χ3v) is 2.30. The van der Waals surface area contributed by atoms with Gasteiger partial charge in [0.25, 0.3) is 5.69 Å².